The monoisotopic (exact) mass is 296 g/mol. The smallest absolute Gasteiger partial charge is 0.222 e. The Bertz CT molecular complexity index is 358. The molecule has 0 aliphatic carbocycles. The Balaban J connectivity index is 2.42. The van der Waals surface area contributed by atoms with E-state index in [-0.39, 0.29) is 23.3 Å². The van der Waals surface area contributed by atoms with E-state index < -0.39 is 0 Å². The van der Waals surface area contributed by atoms with Crippen molar-refractivity contribution in [1.29, 1.82) is 0 Å². The van der Waals surface area contributed by atoms with Crippen LogP contribution in [0.1, 0.15) is 66.7 Å². The lowest BCUT2D eigenvalue weighted by atomic mass is 9.82. The third-order valence-corrected chi connectivity index (χ3v) is 4.19. The molecule has 1 rings (SSSR count). The SMILES string of the molecule is CC(C)CCC(NC(=O)CCN1CCCC1=O)C(C)(C)C. The molecule has 4 heteroatoms. The van der Waals surface area contributed by atoms with Gasteiger partial charge < -0.3 is 10.2 Å². The van der Waals surface area contributed by atoms with Gasteiger partial charge in [0, 0.05) is 32.0 Å². The summed E-state index contributed by atoms with van der Waals surface area (Å²) in [5, 5.41) is 3.17. The number of amides is 2. The Kier molecular flexibility index (Phi) is 6.69. The van der Waals surface area contributed by atoms with Crippen LogP contribution in [0.3, 0.4) is 0 Å². The fourth-order valence-corrected chi connectivity index (χ4v) is 2.67. The zero-order chi connectivity index (χ0) is 16.0. The lowest BCUT2D eigenvalue weighted by molar-refractivity contribution is -0.128. The molecule has 0 aromatic rings. The van der Waals surface area contributed by atoms with E-state index in [4.69, 9.17) is 0 Å². The minimum atomic E-state index is 0.0635. The van der Waals surface area contributed by atoms with E-state index in [0.717, 1.165) is 25.8 Å². The van der Waals surface area contributed by atoms with Gasteiger partial charge in [-0.1, -0.05) is 34.6 Å². The second kappa shape index (κ2) is 7.81. The zero-order valence-corrected chi connectivity index (χ0v) is 14.4. The summed E-state index contributed by atoms with van der Waals surface area (Å²) in [5.74, 6) is 0.905. The molecule has 0 radical (unpaired) electrons. The van der Waals surface area contributed by atoms with Crippen LogP contribution in [0.25, 0.3) is 0 Å². The Hall–Kier alpha value is -1.06. The predicted molar refractivity (Wildman–Crippen MR) is 85.9 cm³/mol. The standard InChI is InChI=1S/C17H32N2O2/c1-13(2)8-9-14(17(3,4)5)18-15(20)10-12-19-11-6-7-16(19)21/h13-14H,6-12H2,1-5H3,(H,18,20). The Morgan fingerprint density at radius 3 is 2.43 bits per heavy atom. The number of rotatable bonds is 7. The highest BCUT2D eigenvalue weighted by atomic mass is 16.2. The molecule has 1 unspecified atom stereocenters. The molecule has 0 bridgehead atoms. The second-order valence-corrected chi connectivity index (χ2v) is 7.69. The Morgan fingerprint density at radius 2 is 1.95 bits per heavy atom. The molecule has 1 N–H and O–H groups in total. The summed E-state index contributed by atoms with van der Waals surface area (Å²) in [6.45, 7) is 12.3. The van der Waals surface area contributed by atoms with Crippen LogP contribution in [0.15, 0.2) is 0 Å². The summed E-state index contributed by atoms with van der Waals surface area (Å²) in [6.07, 6.45) is 4.11. The molecule has 21 heavy (non-hydrogen) atoms. The van der Waals surface area contributed by atoms with Gasteiger partial charge in [-0.2, -0.15) is 0 Å². The molecule has 4 nitrogen and oxygen atoms in total. The van der Waals surface area contributed by atoms with Crippen molar-refractivity contribution in [2.24, 2.45) is 11.3 Å². The van der Waals surface area contributed by atoms with Crippen molar-refractivity contribution in [2.75, 3.05) is 13.1 Å². The highest BCUT2D eigenvalue weighted by molar-refractivity contribution is 5.80. The average molecular weight is 296 g/mol. The van der Waals surface area contributed by atoms with Crippen molar-refractivity contribution >= 4 is 11.8 Å². The van der Waals surface area contributed by atoms with Gasteiger partial charge in [-0.25, -0.2) is 0 Å². The highest BCUT2D eigenvalue weighted by Crippen LogP contribution is 2.24. The van der Waals surface area contributed by atoms with Gasteiger partial charge in [0.1, 0.15) is 0 Å². The molecule has 1 heterocycles. The molecule has 1 aliphatic heterocycles. The molecule has 122 valence electrons. The first-order chi connectivity index (χ1) is 9.70. The largest absolute Gasteiger partial charge is 0.353 e. The lowest BCUT2D eigenvalue weighted by Crippen LogP contribution is -2.44. The quantitative estimate of drug-likeness (QED) is 0.785. The fraction of sp³-hybridized carbons (Fsp3) is 0.882. The molecule has 1 aliphatic rings. The van der Waals surface area contributed by atoms with Crippen LogP contribution in [0.4, 0.5) is 0 Å². The third-order valence-electron chi connectivity index (χ3n) is 4.19. The molecule has 2 amide bonds. The van der Waals surface area contributed by atoms with Crippen LogP contribution < -0.4 is 5.32 Å². The number of likely N-dealkylation sites (tertiary alicyclic amines) is 1. The summed E-state index contributed by atoms with van der Waals surface area (Å²) >= 11 is 0. The van der Waals surface area contributed by atoms with Crippen molar-refractivity contribution in [2.45, 2.75) is 72.8 Å². The number of carbonyl (C=O) groups excluding carboxylic acids is 2. The molecule has 1 atom stereocenters. The van der Waals surface area contributed by atoms with Crippen LogP contribution in [0.5, 0.6) is 0 Å². The van der Waals surface area contributed by atoms with E-state index in [0.29, 0.717) is 25.3 Å². The van der Waals surface area contributed by atoms with Gasteiger partial charge in [-0.15, -0.1) is 0 Å². The number of nitrogens with one attached hydrogen (secondary N) is 1. The fourth-order valence-electron chi connectivity index (χ4n) is 2.67. The molecular weight excluding hydrogens is 264 g/mol. The molecule has 1 saturated heterocycles. The molecule has 0 aromatic carbocycles. The van der Waals surface area contributed by atoms with Gasteiger partial charge in [0.25, 0.3) is 0 Å². The van der Waals surface area contributed by atoms with Crippen LogP contribution in [-0.4, -0.2) is 35.8 Å². The molecule has 0 spiro atoms. The molecule has 1 fully saturated rings. The van der Waals surface area contributed by atoms with Crippen molar-refractivity contribution < 1.29 is 9.59 Å². The summed E-state index contributed by atoms with van der Waals surface area (Å²) < 4.78 is 0. The van der Waals surface area contributed by atoms with Crippen LogP contribution in [-0.2, 0) is 9.59 Å². The number of carbonyl (C=O) groups is 2. The molecular formula is C17H32N2O2. The van der Waals surface area contributed by atoms with E-state index in [9.17, 15) is 9.59 Å². The normalized spacial score (nSPS) is 17.4. The van der Waals surface area contributed by atoms with Gasteiger partial charge >= 0.3 is 0 Å². The zero-order valence-electron chi connectivity index (χ0n) is 14.4. The summed E-state index contributed by atoms with van der Waals surface area (Å²) in [7, 11) is 0. The minimum Gasteiger partial charge on any atom is -0.353 e. The highest BCUT2D eigenvalue weighted by Gasteiger charge is 2.27. The minimum absolute atomic E-state index is 0.0635. The predicted octanol–water partition coefficient (Wildman–Crippen LogP) is 2.97. The van der Waals surface area contributed by atoms with Crippen LogP contribution >= 0.6 is 0 Å². The van der Waals surface area contributed by atoms with Gasteiger partial charge in [-0.05, 0) is 30.6 Å². The van der Waals surface area contributed by atoms with E-state index in [1.165, 1.54) is 0 Å². The number of hydrogen-bond acceptors (Lipinski definition) is 2. The van der Waals surface area contributed by atoms with Crippen LogP contribution in [0.2, 0.25) is 0 Å². The summed E-state index contributed by atoms with van der Waals surface area (Å²) in [5.41, 5.74) is 0.0635. The van der Waals surface area contributed by atoms with Gasteiger partial charge in [0.2, 0.25) is 11.8 Å². The summed E-state index contributed by atoms with van der Waals surface area (Å²) in [4.78, 5) is 25.5. The van der Waals surface area contributed by atoms with E-state index in [2.05, 4.69) is 39.9 Å². The van der Waals surface area contributed by atoms with E-state index in [1.54, 1.807) is 4.90 Å². The molecule has 0 saturated carbocycles. The first kappa shape index (κ1) is 18.0. The van der Waals surface area contributed by atoms with Crippen molar-refractivity contribution in [3.63, 3.8) is 0 Å². The van der Waals surface area contributed by atoms with Gasteiger partial charge in [-0.3, -0.25) is 9.59 Å². The average Bonchev–Trinajstić information content (AvgIpc) is 2.76. The van der Waals surface area contributed by atoms with Crippen LogP contribution in [0, 0.1) is 11.3 Å². The second-order valence-electron chi connectivity index (χ2n) is 7.69. The van der Waals surface area contributed by atoms with Crippen molar-refractivity contribution in [3.05, 3.63) is 0 Å². The van der Waals surface area contributed by atoms with Gasteiger partial charge in [0.15, 0.2) is 0 Å². The first-order valence-corrected chi connectivity index (χ1v) is 8.27. The maximum Gasteiger partial charge on any atom is 0.222 e. The number of nitrogens with zero attached hydrogens (tertiary/aromatic N) is 1. The van der Waals surface area contributed by atoms with Crippen molar-refractivity contribution in [1.82, 2.24) is 10.2 Å². The first-order valence-electron chi connectivity index (χ1n) is 8.27. The third kappa shape index (κ3) is 6.49. The van der Waals surface area contributed by atoms with Crippen molar-refractivity contribution in [3.8, 4) is 0 Å². The molecule has 0 aromatic heterocycles. The maximum atomic E-state index is 12.2. The maximum absolute atomic E-state index is 12.2. The van der Waals surface area contributed by atoms with E-state index >= 15 is 0 Å². The Morgan fingerprint density at radius 1 is 1.29 bits per heavy atom. The lowest BCUT2D eigenvalue weighted by Gasteiger charge is -2.32. The van der Waals surface area contributed by atoms with E-state index in [1.807, 2.05) is 0 Å². The van der Waals surface area contributed by atoms with Gasteiger partial charge in [0.05, 0.1) is 0 Å². The topological polar surface area (TPSA) is 49.4 Å². The summed E-state index contributed by atoms with van der Waals surface area (Å²) in [6, 6.07) is 0.196. The number of hydrogen-bond donors (Lipinski definition) is 1. The Labute approximate surface area is 129 Å².